The van der Waals surface area contributed by atoms with Crippen LogP contribution in [0, 0.1) is 6.92 Å². The SMILES string of the molecule is Cc1ccccc1Oc1nccnc1[C@@H]1CCCN(C(=O)c2ccnc(-c3cnn(C)c3)c2)C1. The highest BCUT2D eigenvalue weighted by atomic mass is 16.5. The summed E-state index contributed by atoms with van der Waals surface area (Å²) in [4.78, 5) is 28.8. The third kappa shape index (κ3) is 4.52. The Morgan fingerprint density at radius 2 is 1.94 bits per heavy atom. The molecule has 0 bridgehead atoms. The van der Waals surface area contributed by atoms with E-state index in [4.69, 9.17) is 4.74 Å². The molecule has 0 unspecified atom stereocenters. The zero-order valence-corrected chi connectivity index (χ0v) is 19.3. The summed E-state index contributed by atoms with van der Waals surface area (Å²) >= 11 is 0. The summed E-state index contributed by atoms with van der Waals surface area (Å²) in [6, 6.07) is 11.4. The molecule has 1 fully saturated rings. The van der Waals surface area contributed by atoms with Crippen molar-refractivity contribution in [2.75, 3.05) is 13.1 Å². The van der Waals surface area contributed by atoms with Gasteiger partial charge >= 0.3 is 0 Å². The number of rotatable bonds is 5. The average Bonchev–Trinajstić information content (AvgIpc) is 3.32. The lowest BCUT2D eigenvalue weighted by molar-refractivity contribution is 0.0704. The van der Waals surface area contributed by atoms with Crippen LogP contribution in [0.5, 0.6) is 11.6 Å². The highest BCUT2D eigenvalue weighted by molar-refractivity contribution is 5.95. The minimum absolute atomic E-state index is 0.0116. The van der Waals surface area contributed by atoms with Crippen molar-refractivity contribution in [1.29, 1.82) is 0 Å². The van der Waals surface area contributed by atoms with Crippen molar-refractivity contribution in [2.24, 2.45) is 7.05 Å². The van der Waals surface area contributed by atoms with Gasteiger partial charge in [0.25, 0.3) is 5.91 Å². The van der Waals surface area contributed by atoms with Gasteiger partial charge in [0.2, 0.25) is 5.88 Å². The molecule has 172 valence electrons. The summed E-state index contributed by atoms with van der Waals surface area (Å²) < 4.78 is 7.87. The molecule has 5 rings (SSSR count). The summed E-state index contributed by atoms with van der Waals surface area (Å²) in [5.74, 6) is 1.29. The van der Waals surface area contributed by atoms with Crippen LogP contribution in [-0.4, -0.2) is 48.6 Å². The second-order valence-electron chi connectivity index (χ2n) is 8.54. The molecule has 0 N–H and O–H groups in total. The van der Waals surface area contributed by atoms with E-state index < -0.39 is 0 Å². The predicted molar refractivity (Wildman–Crippen MR) is 128 cm³/mol. The average molecular weight is 455 g/mol. The Labute approximate surface area is 198 Å². The van der Waals surface area contributed by atoms with Crippen molar-refractivity contribution in [3.8, 4) is 22.9 Å². The number of hydrogen-bond donors (Lipinski definition) is 0. The molecule has 3 aromatic heterocycles. The van der Waals surface area contributed by atoms with E-state index in [-0.39, 0.29) is 11.8 Å². The number of pyridine rings is 1. The largest absolute Gasteiger partial charge is 0.437 e. The molecule has 1 aromatic carbocycles. The molecule has 1 atom stereocenters. The number of aryl methyl sites for hydroxylation is 2. The zero-order valence-electron chi connectivity index (χ0n) is 19.3. The Morgan fingerprint density at radius 3 is 2.76 bits per heavy atom. The minimum atomic E-state index is -0.0116. The number of ether oxygens (including phenoxy) is 1. The monoisotopic (exact) mass is 454 g/mol. The zero-order chi connectivity index (χ0) is 23.5. The van der Waals surface area contributed by atoms with Crippen molar-refractivity contribution < 1.29 is 9.53 Å². The van der Waals surface area contributed by atoms with Gasteiger partial charge in [0.05, 0.1) is 11.9 Å². The number of amides is 1. The van der Waals surface area contributed by atoms with Crippen LogP contribution in [0.15, 0.2) is 67.4 Å². The first kappa shape index (κ1) is 21.8. The lowest BCUT2D eigenvalue weighted by atomic mass is 9.94. The van der Waals surface area contributed by atoms with Gasteiger partial charge in [0, 0.05) is 62.0 Å². The van der Waals surface area contributed by atoms with E-state index in [9.17, 15) is 4.79 Å². The maximum Gasteiger partial charge on any atom is 0.254 e. The van der Waals surface area contributed by atoms with Gasteiger partial charge in [-0.05, 0) is 43.5 Å². The number of carbonyl (C=O) groups is 1. The number of likely N-dealkylation sites (tertiary alicyclic amines) is 1. The fourth-order valence-corrected chi connectivity index (χ4v) is 4.31. The summed E-state index contributed by atoms with van der Waals surface area (Å²) in [5.41, 5.74) is 4.04. The van der Waals surface area contributed by atoms with Crippen LogP contribution in [-0.2, 0) is 7.05 Å². The Balaban J connectivity index is 1.36. The standard InChI is InChI=1S/C26H26N6O2/c1-18-6-3-4-8-23(18)34-25-24(28-11-12-29-25)20-7-5-13-32(17-20)26(33)19-9-10-27-22(14-19)21-15-30-31(2)16-21/h3-4,6,8-12,14-16,20H,5,7,13,17H2,1-2H3/t20-/m1/s1. The van der Waals surface area contributed by atoms with E-state index >= 15 is 0 Å². The van der Waals surface area contributed by atoms with E-state index in [1.807, 2.05) is 55.4 Å². The van der Waals surface area contributed by atoms with Crippen LogP contribution in [0.2, 0.25) is 0 Å². The molecular formula is C26H26N6O2. The number of aromatic nitrogens is 5. The fourth-order valence-electron chi connectivity index (χ4n) is 4.31. The molecule has 1 aliphatic rings. The smallest absolute Gasteiger partial charge is 0.254 e. The Hall–Kier alpha value is -4.07. The maximum absolute atomic E-state index is 13.4. The third-order valence-electron chi connectivity index (χ3n) is 6.09. The summed E-state index contributed by atoms with van der Waals surface area (Å²) in [6.45, 7) is 3.27. The fraction of sp³-hybridized carbons (Fsp3) is 0.269. The van der Waals surface area contributed by atoms with E-state index in [2.05, 4.69) is 20.1 Å². The Morgan fingerprint density at radius 1 is 1.09 bits per heavy atom. The van der Waals surface area contributed by atoms with Crippen molar-refractivity contribution in [1.82, 2.24) is 29.6 Å². The molecule has 0 radical (unpaired) electrons. The van der Waals surface area contributed by atoms with Crippen molar-refractivity contribution in [3.63, 3.8) is 0 Å². The van der Waals surface area contributed by atoms with Crippen LogP contribution in [0.1, 0.15) is 40.4 Å². The maximum atomic E-state index is 13.4. The molecule has 1 saturated heterocycles. The number of para-hydroxylation sites is 1. The normalized spacial score (nSPS) is 15.8. The topological polar surface area (TPSA) is 86.0 Å². The number of hydrogen-bond acceptors (Lipinski definition) is 6. The molecule has 34 heavy (non-hydrogen) atoms. The van der Waals surface area contributed by atoms with E-state index in [0.29, 0.717) is 24.5 Å². The van der Waals surface area contributed by atoms with Gasteiger partial charge < -0.3 is 9.64 Å². The van der Waals surface area contributed by atoms with Gasteiger partial charge in [0.1, 0.15) is 11.4 Å². The Bertz CT molecular complexity index is 1320. The van der Waals surface area contributed by atoms with Crippen molar-refractivity contribution in [3.05, 3.63) is 84.2 Å². The molecule has 0 spiro atoms. The van der Waals surface area contributed by atoms with Gasteiger partial charge in [-0.15, -0.1) is 0 Å². The lowest BCUT2D eigenvalue weighted by Crippen LogP contribution is -2.39. The van der Waals surface area contributed by atoms with Crippen molar-refractivity contribution >= 4 is 5.91 Å². The van der Waals surface area contributed by atoms with E-state index in [1.54, 1.807) is 35.5 Å². The summed E-state index contributed by atoms with van der Waals surface area (Å²) in [7, 11) is 1.86. The second kappa shape index (κ2) is 9.43. The first-order valence-corrected chi connectivity index (χ1v) is 11.4. The summed E-state index contributed by atoms with van der Waals surface area (Å²) in [6.07, 6.45) is 10.4. The molecule has 1 amide bonds. The van der Waals surface area contributed by atoms with Gasteiger partial charge in [-0.25, -0.2) is 4.98 Å². The molecule has 4 heterocycles. The quantitative estimate of drug-likeness (QED) is 0.445. The number of carbonyl (C=O) groups excluding carboxylic acids is 1. The number of benzene rings is 1. The molecule has 0 aliphatic carbocycles. The molecule has 8 heteroatoms. The molecule has 1 aliphatic heterocycles. The molecule has 4 aromatic rings. The summed E-state index contributed by atoms with van der Waals surface area (Å²) in [5, 5.41) is 4.20. The number of piperidine rings is 1. The second-order valence-corrected chi connectivity index (χ2v) is 8.54. The van der Waals surface area contributed by atoms with Gasteiger partial charge in [-0.2, -0.15) is 5.10 Å². The Kier molecular flexibility index (Phi) is 6.03. The third-order valence-corrected chi connectivity index (χ3v) is 6.09. The van der Waals surface area contributed by atoms with Crippen LogP contribution in [0.25, 0.3) is 11.3 Å². The van der Waals surface area contributed by atoms with Crippen LogP contribution in [0.3, 0.4) is 0 Å². The van der Waals surface area contributed by atoms with E-state index in [0.717, 1.165) is 41.1 Å². The highest BCUT2D eigenvalue weighted by Gasteiger charge is 2.29. The van der Waals surface area contributed by atoms with E-state index in [1.165, 1.54) is 0 Å². The highest BCUT2D eigenvalue weighted by Crippen LogP contribution is 2.34. The van der Waals surface area contributed by atoms with Gasteiger partial charge in [-0.3, -0.25) is 19.4 Å². The van der Waals surface area contributed by atoms with Crippen LogP contribution >= 0.6 is 0 Å². The first-order chi connectivity index (χ1) is 16.6. The predicted octanol–water partition coefficient (Wildman–Crippen LogP) is 4.39. The molecular weight excluding hydrogens is 428 g/mol. The van der Waals surface area contributed by atoms with Crippen LogP contribution < -0.4 is 4.74 Å². The molecule has 0 saturated carbocycles. The lowest BCUT2D eigenvalue weighted by Gasteiger charge is -2.33. The minimum Gasteiger partial charge on any atom is -0.437 e. The molecule has 8 nitrogen and oxygen atoms in total. The number of nitrogens with zero attached hydrogens (tertiary/aromatic N) is 6. The van der Waals surface area contributed by atoms with Gasteiger partial charge in [-0.1, -0.05) is 18.2 Å². The van der Waals surface area contributed by atoms with Crippen molar-refractivity contribution in [2.45, 2.75) is 25.7 Å². The van der Waals surface area contributed by atoms with Gasteiger partial charge in [0.15, 0.2) is 0 Å². The first-order valence-electron chi connectivity index (χ1n) is 11.4. The van der Waals surface area contributed by atoms with Crippen LogP contribution in [0.4, 0.5) is 0 Å².